The first kappa shape index (κ1) is 12.8. The van der Waals surface area contributed by atoms with Crippen LogP contribution in [0.3, 0.4) is 0 Å². The van der Waals surface area contributed by atoms with Crippen molar-refractivity contribution in [2.75, 3.05) is 18.1 Å². The van der Waals surface area contributed by atoms with Crippen LogP contribution in [0.5, 0.6) is 0 Å². The lowest BCUT2D eigenvalue weighted by Gasteiger charge is -2.23. The monoisotopic (exact) mass is 261 g/mol. The van der Waals surface area contributed by atoms with Crippen LogP contribution in [0.2, 0.25) is 0 Å². The highest BCUT2D eigenvalue weighted by molar-refractivity contribution is 7.91. The summed E-state index contributed by atoms with van der Waals surface area (Å²) in [5.41, 5.74) is -0.588. The van der Waals surface area contributed by atoms with Crippen LogP contribution in [0.25, 0.3) is 0 Å². The SMILES string of the molecule is CCOC1CC1C(=O)NC1(C)CCS(=O)(=O)C1. The van der Waals surface area contributed by atoms with Gasteiger partial charge >= 0.3 is 0 Å². The van der Waals surface area contributed by atoms with Crippen LogP contribution < -0.4 is 5.32 Å². The summed E-state index contributed by atoms with van der Waals surface area (Å²) in [5.74, 6) is 0.0688. The highest BCUT2D eigenvalue weighted by Crippen LogP contribution is 2.35. The van der Waals surface area contributed by atoms with E-state index in [0.717, 1.165) is 6.42 Å². The minimum Gasteiger partial charge on any atom is -0.378 e. The van der Waals surface area contributed by atoms with E-state index in [2.05, 4.69) is 5.32 Å². The lowest BCUT2D eigenvalue weighted by atomic mass is 10.0. The second kappa shape index (κ2) is 4.24. The maximum absolute atomic E-state index is 11.9. The van der Waals surface area contributed by atoms with Crippen molar-refractivity contribution in [3.63, 3.8) is 0 Å². The molecular formula is C11H19NO4S. The Morgan fingerprint density at radius 1 is 1.53 bits per heavy atom. The Morgan fingerprint density at radius 3 is 2.76 bits per heavy atom. The van der Waals surface area contributed by atoms with Gasteiger partial charge in [-0.15, -0.1) is 0 Å². The van der Waals surface area contributed by atoms with E-state index in [-0.39, 0.29) is 29.4 Å². The van der Waals surface area contributed by atoms with E-state index in [9.17, 15) is 13.2 Å². The van der Waals surface area contributed by atoms with E-state index < -0.39 is 15.4 Å². The third kappa shape index (κ3) is 2.98. The molecule has 1 heterocycles. The Labute approximate surface area is 102 Å². The third-order valence-electron chi connectivity index (χ3n) is 3.38. The maximum Gasteiger partial charge on any atom is 0.226 e. The number of hydrogen-bond acceptors (Lipinski definition) is 4. The summed E-state index contributed by atoms with van der Waals surface area (Å²) in [6.45, 7) is 4.31. The fraction of sp³-hybridized carbons (Fsp3) is 0.909. The topological polar surface area (TPSA) is 72.5 Å². The van der Waals surface area contributed by atoms with Gasteiger partial charge in [-0.2, -0.15) is 0 Å². The quantitative estimate of drug-likeness (QED) is 0.779. The molecule has 2 fully saturated rings. The molecule has 0 bridgehead atoms. The normalized spacial score (nSPS) is 38.9. The number of nitrogens with one attached hydrogen (secondary N) is 1. The first-order valence-corrected chi connectivity index (χ1v) is 7.81. The summed E-state index contributed by atoms with van der Waals surface area (Å²) in [6, 6.07) is 0. The summed E-state index contributed by atoms with van der Waals surface area (Å²) in [7, 11) is -2.97. The molecule has 6 heteroatoms. The van der Waals surface area contributed by atoms with Crippen molar-refractivity contribution in [2.45, 2.75) is 38.3 Å². The Morgan fingerprint density at radius 2 is 2.24 bits per heavy atom. The molecule has 98 valence electrons. The van der Waals surface area contributed by atoms with Crippen molar-refractivity contribution in [3.8, 4) is 0 Å². The Bertz CT molecular complexity index is 419. The molecule has 0 spiro atoms. The number of amides is 1. The largest absolute Gasteiger partial charge is 0.378 e. The van der Waals surface area contributed by atoms with Crippen molar-refractivity contribution in [3.05, 3.63) is 0 Å². The van der Waals surface area contributed by atoms with Gasteiger partial charge in [0.05, 0.1) is 29.1 Å². The molecule has 1 saturated heterocycles. The molecule has 1 aliphatic carbocycles. The lowest BCUT2D eigenvalue weighted by molar-refractivity contribution is -0.124. The van der Waals surface area contributed by atoms with Crippen molar-refractivity contribution < 1.29 is 17.9 Å². The predicted molar refractivity (Wildman–Crippen MR) is 63.3 cm³/mol. The van der Waals surface area contributed by atoms with Crippen LogP contribution in [-0.2, 0) is 19.4 Å². The molecule has 1 saturated carbocycles. The number of hydrogen-bond donors (Lipinski definition) is 1. The van der Waals surface area contributed by atoms with Gasteiger partial charge < -0.3 is 10.1 Å². The van der Waals surface area contributed by atoms with Crippen molar-refractivity contribution in [1.82, 2.24) is 5.32 Å². The molecular weight excluding hydrogens is 242 g/mol. The second-order valence-corrected chi connectivity index (χ2v) is 7.41. The zero-order valence-corrected chi connectivity index (χ0v) is 11.0. The molecule has 2 aliphatic rings. The number of carbonyl (C=O) groups excluding carboxylic acids is 1. The summed E-state index contributed by atoms with van der Waals surface area (Å²) in [4.78, 5) is 11.9. The van der Waals surface area contributed by atoms with Crippen LogP contribution in [0, 0.1) is 5.92 Å². The number of sulfone groups is 1. The zero-order valence-electron chi connectivity index (χ0n) is 10.2. The molecule has 1 amide bonds. The molecule has 1 aliphatic heterocycles. The molecule has 0 aromatic heterocycles. The van der Waals surface area contributed by atoms with Gasteiger partial charge in [0.25, 0.3) is 0 Å². The van der Waals surface area contributed by atoms with Gasteiger partial charge in [0.2, 0.25) is 5.91 Å². The molecule has 0 radical (unpaired) electrons. The van der Waals surface area contributed by atoms with E-state index in [1.165, 1.54) is 0 Å². The summed E-state index contributed by atoms with van der Waals surface area (Å²) >= 11 is 0. The van der Waals surface area contributed by atoms with Gasteiger partial charge in [0.1, 0.15) is 0 Å². The number of rotatable bonds is 4. The first-order chi connectivity index (χ1) is 7.85. The van der Waals surface area contributed by atoms with Gasteiger partial charge in [-0.05, 0) is 26.7 Å². The van der Waals surface area contributed by atoms with Crippen LogP contribution in [0.15, 0.2) is 0 Å². The minimum absolute atomic E-state index is 0.0293. The lowest BCUT2D eigenvalue weighted by Crippen LogP contribution is -2.47. The Balaban J connectivity index is 1.88. The van der Waals surface area contributed by atoms with Crippen LogP contribution >= 0.6 is 0 Å². The molecule has 5 nitrogen and oxygen atoms in total. The molecule has 3 unspecified atom stereocenters. The fourth-order valence-corrected chi connectivity index (χ4v) is 4.44. The second-order valence-electron chi connectivity index (χ2n) is 5.23. The maximum atomic E-state index is 11.9. The van der Waals surface area contributed by atoms with E-state index in [1.54, 1.807) is 6.92 Å². The molecule has 2 rings (SSSR count). The predicted octanol–water partition coefficient (Wildman–Crippen LogP) is 0.105. The van der Waals surface area contributed by atoms with Crippen molar-refractivity contribution in [2.24, 2.45) is 5.92 Å². The molecule has 3 atom stereocenters. The third-order valence-corrected chi connectivity index (χ3v) is 5.28. The number of ether oxygens (including phenoxy) is 1. The van der Waals surface area contributed by atoms with Gasteiger partial charge in [0.15, 0.2) is 9.84 Å². The summed E-state index contributed by atoms with van der Waals surface area (Å²) < 4.78 is 28.2. The zero-order chi connectivity index (χ0) is 12.7. The van der Waals surface area contributed by atoms with Gasteiger partial charge in [0, 0.05) is 6.61 Å². The van der Waals surface area contributed by atoms with Gasteiger partial charge in [-0.1, -0.05) is 0 Å². The molecule has 0 aromatic carbocycles. The van der Waals surface area contributed by atoms with Crippen LogP contribution in [0.1, 0.15) is 26.7 Å². The van der Waals surface area contributed by atoms with E-state index >= 15 is 0 Å². The average Bonchev–Trinajstić information content (AvgIpc) is 2.89. The van der Waals surface area contributed by atoms with Crippen LogP contribution in [-0.4, -0.2) is 44.1 Å². The molecule has 0 aromatic rings. The standard InChI is InChI=1S/C11H19NO4S/c1-3-16-9-6-8(9)10(13)12-11(2)4-5-17(14,15)7-11/h8-9H,3-7H2,1-2H3,(H,12,13). The smallest absolute Gasteiger partial charge is 0.226 e. The Hall–Kier alpha value is -0.620. The van der Waals surface area contributed by atoms with Gasteiger partial charge in [-0.3, -0.25) is 4.79 Å². The van der Waals surface area contributed by atoms with E-state index in [1.807, 2.05) is 6.92 Å². The number of carbonyl (C=O) groups is 1. The van der Waals surface area contributed by atoms with E-state index in [0.29, 0.717) is 13.0 Å². The van der Waals surface area contributed by atoms with Gasteiger partial charge in [-0.25, -0.2) is 8.42 Å². The average molecular weight is 261 g/mol. The molecule has 17 heavy (non-hydrogen) atoms. The Kier molecular flexibility index (Phi) is 3.20. The van der Waals surface area contributed by atoms with Crippen molar-refractivity contribution >= 4 is 15.7 Å². The summed E-state index contributed by atoms with van der Waals surface area (Å²) in [6.07, 6.45) is 1.29. The first-order valence-electron chi connectivity index (χ1n) is 5.99. The van der Waals surface area contributed by atoms with Crippen LogP contribution in [0.4, 0.5) is 0 Å². The fourth-order valence-electron chi connectivity index (χ4n) is 2.35. The van der Waals surface area contributed by atoms with Crippen molar-refractivity contribution in [1.29, 1.82) is 0 Å². The minimum atomic E-state index is -2.97. The summed E-state index contributed by atoms with van der Waals surface area (Å²) in [5, 5.41) is 2.86. The highest BCUT2D eigenvalue weighted by atomic mass is 32.2. The molecule has 1 N–H and O–H groups in total. The highest BCUT2D eigenvalue weighted by Gasteiger charge is 2.47. The van der Waals surface area contributed by atoms with E-state index in [4.69, 9.17) is 4.74 Å².